The van der Waals surface area contributed by atoms with E-state index in [2.05, 4.69) is 35.4 Å². The Morgan fingerprint density at radius 3 is 2.85 bits per heavy atom. The van der Waals surface area contributed by atoms with Crippen molar-refractivity contribution in [2.75, 3.05) is 5.32 Å². The van der Waals surface area contributed by atoms with Crippen LogP contribution < -0.4 is 5.32 Å². The van der Waals surface area contributed by atoms with Crippen molar-refractivity contribution in [3.05, 3.63) is 27.9 Å². The molecule has 1 N–H and O–H groups in total. The molecule has 3 aliphatic rings. The van der Waals surface area contributed by atoms with Gasteiger partial charge in [-0.05, 0) is 62.3 Å². The standard InChI is InChI=1S/C21H25N3O2S/c1-21(2)10-9-13(11-21)18(25)23-20-16(14-5-3-4-6-15(14)27-20)19-22-17(24-26-19)12-7-8-12/h9,12H,3-8,10-11H2,1-2H3,(H,23,25). The Balaban J connectivity index is 1.48. The zero-order valence-electron chi connectivity index (χ0n) is 15.9. The van der Waals surface area contributed by atoms with Crippen LogP contribution in [0.15, 0.2) is 16.2 Å². The molecule has 0 aliphatic heterocycles. The number of amides is 1. The number of anilines is 1. The van der Waals surface area contributed by atoms with Crippen LogP contribution in [-0.2, 0) is 17.6 Å². The van der Waals surface area contributed by atoms with Gasteiger partial charge in [-0.2, -0.15) is 4.98 Å². The van der Waals surface area contributed by atoms with Crippen molar-refractivity contribution >= 4 is 22.2 Å². The van der Waals surface area contributed by atoms with Gasteiger partial charge in [-0.1, -0.05) is 25.1 Å². The average Bonchev–Trinajstić information content (AvgIpc) is 3.09. The molecule has 0 spiro atoms. The predicted octanol–water partition coefficient (Wildman–Crippen LogP) is 5.24. The number of rotatable bonds is 4. The highest BCUT2D eigenvalue weighted by Crippen LogP contribution is 2.46. The van der Waals surface area contributed by atoms with Crippen LogP contribution in [0, 0.1) is 5.41 Å². The van der Waals surface area contributed by atoms with E-state index in [0.29, 0.717) is 11.8 Å². The zero-order chi connectivity index (χ0) is 18.6. The van der Waals surface area contributed by atoms with Crippen LogP contribution in [0.4, 0.5) is 5.00 Å². The lowest BCUT2D eigenvalue weighted by Crippen LogP contribution is -2.15. The summed E-state index contributed by atoms with van der Waals surface area (Å²) in [6.45, 7) is 4.41. The number of aryl methyl sites for hydroxylation is 1. The van der Waals surface area contributed by atoms with E-state index in [0.717, 1.165) is 60.5 Å². The number of hydrogen-bond acceptors (Lipinski definition) is 5. The fourth-order valence-electron chi connectivity index (χ4n) is 4.14. The van der Waals surface area contributed by atoms with Gasteiger partial charge in [-0.15, -0.1) is 11.3 Å². The summed E-state index contributed by atoms with van der Waals surface area (Å²) in [4.78, 5) is 18.9. The fraction of sp³-hybridized carbons (Fsp3) is 0.571. The Hall–Kier alpha value is -1.95. The molecule has 27 heavy (non-hydrogen) atoms. The molecule has 0 atom stereocenters. The minimum absolute atomic E-state index is 0.0161. The molecule has 2 aromatic heterocycles. The summed E-state index contributed by atoms with van der Waals surface area (Å²) >= 11 is 1.69. The van der Waals surface area contributed by atoms with Crippen LogP contribution in [0.3, 0.4) is 0 Å². The number of nitrogens with zero attached hydrogens (tertiary/aromatic N) is 2. The van der Waals surface area contributed by atoms with Gasteiger partial charge in [0.2, 0.25) is 0 Å². The highest BCUT2D eigenvalue weighted by Gasteiger charge is 2.33. The van der Waals surface area contributed by atoms with Gasteiger partial charge in [0.25, 0.3) is 11.8 Å². The highest BCUT2D eigenvalue weighted by molar-refractivity contribution is 7.17. The number of allylic oxidation sites excluding steroid dienone is 1. The molecule has 2 heterocycles. The van der Waals surface area contributed by atoms with E-state index < -0.39 is 0 Å². The summed E-state index contributed by atoms with van der Waals surface area (Å²) in [6.07, 6.45) is 10.6. The summed E-state index contributed by atoms with van der Waals surface area (Å²) in [5.41, 5.74) is 3.34. The van der Waals surface area contributed by atoms with Crippen LogP contribution >= 0.6 is 11.3 Å². The van der Waals surface area contributed by atoms with Crippen LogP contribution in [0.5, 0.6) is 0 Å². The maximum atomic E-state index is 12.9. The largest absolute Gasteiger partial charge is 0.334 e. The van der Waals surface area contributed by atoms with Gasteiger partial charge in [0, 0.05) is 16.4 Å². The van der Waals surface area contributed by atoms with Gasteiger partial charge >= 0.3 is 0 Å². The van der Waals surface area contributed by atoms with Crippen molar-refractivity contribution in [2.45, 2.75) is 71.1 Å². The van der Waals surface area contributed by atoms with Crippen LogP contribution in [0.25, 0.3) is 11.5 Å². The highest BCUT2D eigenvalue weighted by atomic mass is 32.1. The van der Waals surface area contributed by atoms with Gasteiger partial charge in [0.05, 0.1) is 5.56 Å². The first-order valence-electron chi connectivity index (χ1n) is 9.99. The number of thiophene rings is 1. The van der Waals surface area contributed by atoms with Crippen LogP contribution in [0.2, 0.25) is 0 Å². The number of hydrogen-bond donors (Lipinski definition) is 1. The monoisotopic (exact) mass is 383 g/mol. The number of carbonyl (C=O) groups excluding carboxylic acids is 1. The molecule has 0 radical (unpaired) electrons. The zero-order valence-corrected chi connectivity index (χ0v) is 16.7. The lowest BCUT2D eigenvalue weighted by atomic mass is 9.89. The Bertz CT molecular complexity index is 933. The molecular weight excluding hydrogens is 358 g/mol. The summed E-state index contributed by atoms with van der Waals surface area (Å²) in [6, 6.07) is 0. The molecule has 0 saturated heterocycles. The number of carbonyl (C=O) groups is 1. The van der Waals surface area contributed by atoms with E-state index in [1.54, 1.807) is 11.3 Å². The summed E-state index contributed by atoms with van der Waals surface area (Å²) in [7, 11) is 0. The Kier molecular flexibility index (Phi) is 4.00. The SMILES string of the molecule is CC1(C)CC=C(C(=O)Nc2sc3c(c2-c2nc(C4CC4)no2)CCCC3)C1. The molecule has 6 heteroatoms. The molecule has 1 amide bonds. The van der Waals surface area contributed by atoms with E-state index >= 15 is 0 Å². The maximum Gasteiger partial charge on any atom is 0.261 e. The Morgan fingerprint density at radius 2 is 2.11 bits per heavy atom. The van der Waals surface area contributed by atoms with Crippen molar-refractivity contribution in [3.63, 3.8) is 0 Å². The molecule has 5 nitrogen and oxygen atoms in total. The quantitative estimate of drug-likeness (QED) is 0.784. The van der Waals surface area contributed by atoms with E-state index in [-0.39, 0.29) is 11.3 Å². The smallest absolute Gasteiger partial charge is 0.261 e. The number of nitrogens with one attached hydrogen (secondary N) is 1. The molecular formula is C21H25N3O2S. The third kappa shape index (κ3) is 3.24. The van der Waals surface area contributed by atoms with Gasteiger partial charge in [-0.3, -0.25) is 4.79 Å². The van der Waals surface area contributed by atoms with E-state index in [1.165, 1.54) is 23.3 Å². The fourth-order valence-corrected chi connectivity index (χ4v) is 5.42. The van der Waals surface area contributed by atoms with Gasteiger partial charge < -0.3 is 9.84 Å². The first-order valence-corrected chi connectivity index (χ1v) is 10.8. The Morgan fingerprint density at radius 1 is 1.30 bits per heavy atom. The molecule has 0 unspecified atom stereocenters. The number of aromatic nitrogens is 2. The summed E-state index contributed by atoms with van der Waals surface area (Å²) in [5.74, 6) is 1.87. The van der Waals surface area contributed by atoms with E-state index in [4.69, 9.17) is 4.52 Å². The molecule has 2 aromatic rings. The topological polar surface area (TPSA) is 68.0 Å². The van der Waals surface area contributed by atoms with Gasteiger partial charge in [-0.25, -0.2) is 0 Å². The molecule has 3 aliphatic carbocycles. The molecule has 1 fully saturated rings. The Labute approximate surface area is 163 Å². The third-order valence-electron chi connectivity index (χ3n) is 5.86. The van der Waals surface area contributed by atoms with Gasteiger partial charge in [0.1, 0.15) is 5.00 Å². The van der Waals surface area contributed by atoms with Gasteiger partial charge in [0.15, 0.2) is 5.82 Å². The molecule has 5 rings (SSSR count). The van der Waals surface area contributed by atoms with Crippen molar-refractivity contribution in [2.24, 2.45) is 5.41 Å². The second-order valence-electron chi connectivity index (χ2n) is 8.88. The first-order chi connectivity index (χ1) is 13.0. The number of fused-ring (bicyclic) bond motifs is 1. The minimum atomic E-state index is 0.0161. The van der Waals surface area contributed by atoms with Crippen LogP contribution in [-0.4, -0.2) is 16.0 Å². The van der Waals surface area contributed by atoms with E-state index in [1.807, 2.05) is 0 Å². The van der Waals surface area contributed by atoms with E-state index in [9.17, 15) is 4.79 Å². The molecule has 142 valence electrons. The van der Waals surface area contributed by atoms with Crippen molar-refractivity contribution < 1.29 is 9.32 Å². The molecule has 0 bridgehead atoms. The minimum Gasteiger partial charge on any atom is -0.334 e. The average molecular weight is 384 g/mol. The van der Waals surface area contributed by atoms with Crippen molar-refractivity contribution in [3.8, 4) is 11.5 Å². The lowest BCUT2D eigenvalue weighted by molar-refractivity contribution is -0.113. The van der Waals surface area contributed by atoms with Crippen molar-refractivity contribution in [1.82, 2.24) is 10.1 Å². The van der Waals surface area contributed by atoms with Crippen molar-refractivity contribution in [1.29, 1.82) is 0 Å². The first kappa shape index (κ1) is 17.2. The lowest BCUT2D eigenvalue weighted by Gasteiger charge is -2.16. The normalized spacial score (nSPS) is 21.0. The van der Waals surface area contributed by atoms with Crippen LogP contribution in [0.1, 0.15) is 74.6 Å². The second kappa shape index (κ2) is 6.30. The molecule has 1 saturated carbocycles. The third-order valence-corrected chi connectivity index (χ3v) is 7.07. The summed E-state index contributed by atoms with van der Waals surface area (Å²) < 4.78 is 5.64. The predicted molar refractivity (Wildman–Crippen MR) is 106 cm³/mol. The molecule has 0 aromatic carbocycles. The maximum absolute atomic E-state index is 12.9. The second-order valence-corrected chi connectivity index (χ2v) is 9.98. The summed E-state index contributed by atoms with van der Waals surface area (Å²) in [5, 5.41) is 8.26.